The highest BCUT2D eigenvalue weighted by Gasteiger charge is 2.11. The molecule has 19 heavy (non-hydrogen) atoms. The predicted octanol–water partition coefficient (Wildman–Crippen LogP) is 2.90. The van der Waals surface area contributed by atoms with Crippen LogP contribution in [0.2, 0.25) is 0 Å². The van der Waals surface area contributed by atoms with Gasteiger partial charge in [0.2, 0.25) is 0 Å². The third-order valence-electron chi connectivity index (χ3n) is 3.44. The molecule has 1 rings (SSSR count). The number of ether oxygens (including phenoxy) is 1. The molecular formula is C16H27NO2. The summed E-state index contributed by atoms with van der Waals surface area (Å²) in [7, 11) is 0. The van der Waals surface area contributed by atoms with Crippen molar-refractivity contribution in [2.45, 2.75) is 51.9 Å². The second-order valence-electron chi connectivity index (χ2n) is 4.96. The minimum Gasteiger partial charge on any atom is -0.389 e. The fourth-order valence-corrected chi connectivity index (χ4v) is 2.01. The molecule has 0 aliphatic heterocycles. The van der Waals surface area contributed by atoms with Crippen molar-refractivity contribution in [3.8, 4) is 0 Å². The molecule has 1 aromatic carbocycles. The minimum absolute atomic E-state index is 0.0176. The van der Waals surface area contributed by atoms with E-state index in [4.69, 9.17) is 4.74 Å². The first-order valence-electron chi connectivity index (χ1n) is 7.25. The molecular weight excluding hydrogens is 238 g/mol. The number of hydrogen-bond donors (Lipinski definition) is 2. The Kier molecular flexibility index (Phi) is 7.72. The van der Waals surface area contributed by atoms with Crippen LogP contribution in [-0.4, -0.2) is 30.4 Å². The average Bonchev–Trinajstić information content (AvgIpc) is 2.46. The van der Waals surface area contributed by atoms with Gasteiger partial charge in [-0.25, -0.2) is 0 Å². The second kappa shape index (κ2) is 9.08. The summed E-state index contributed by atoms with van der Waals surface area (Å²) in [6.45, 7) is 7.27. The van der Waals surface area contributed by atoms with Crippen LogP contribution in [0.4, 0.5) is 0 Å². The van der Waals surface area contributed by atoms with Gasteiger partial charge in [-0.3, -0.25) is 0 Å². The highest BCUT2D eigenvalue weighted by molar-refractivity contribution is 5.16. The van der Waals surface area contributed by atoms with E-state index in [1.807, 2.05) is 37.3 Å². The van der Waals surface area contributed by atoms with Gasteiger partial charge in [0.05, 0.1) is 18.8 Å². The quantitative estimate of drug-likeness (QED) is 0.721. The molecule has 108 valence electrons. The standard InChI is InChI=1S/C16H27NO2/c1-4-15(5-2)17-11-16(18)12-19-13(3)14-9-7-6-8-10-14/h6-10,13,15-18H,4-5,11-12H2,1-3H3. The highest BCUT2D eigenvalue weighted by atomic mass is 16.5. The average molecular weight is 265 g/mol. The van der Waals surface area contributed by atoms with Crippen molar-refractivity contribution in [2.75, 3.05) is 13.2 Å². The summed E-state index contributed by atoms with van der Waals surface area (Å²) in [4.78, 5) is 0. The van der Waals surface area contributed by atoms with Crippen LogP contribution in [0.1, 0.15) is 45.3 Å². The Morgan fingerprint density at radius 1 is 1.16 bits per heavy atom. The number of nitrogens with one attached hydrogen (secondary N) is 1. The molecule has 2 N–H and O–H groups in total. The Balaban J connectivity index is 2.24. The van der Waals surface area contributed by atoms with Gasteiger partial charge in [-0.15, -0.1) is 0 Å². The Labute approximate surface area is 117 Å². The molecule has 0 aliphatic rings. The first-order chi connectivity index (χ1) is 9.17. The molecule has 0 aliphatic carbocycles. The molecule has 2 atom stereocenters. The molecule has 0 amide bonds. The maximum atomic E-state index is 9.90. The number of aliphatic hydroxyl groups excluding tert-OH is 1. The monoisotopic (exact) mass is 265 g/mol. The fourth-order valence-electron chi connectivity index (χ4n) is 2.01. The summed E-state index contributed by atoms with van der Waals surface area (Å²) < 4.78 is 5.70. The van der Waals surface area contributed by atoms with Gasteiger partial charge in [-0.05, 0) is 25.3 Å². The van der Waals surface area contributed by atoms with Gasteiger partial charge in [0.25, 0.3) is 0 Å². The van der Waals surface area contributed by atoms with Gasteiger partial charge >= 0.3 is 0 Å². The maximum absolute atomic E-state index is 9.90. The molecule has 0 saturated carbocycles. The normalized spacial score (nSPS) is 14.6. The van der Waals surface area contributed by atoms with Gasteiger partial charge < -0.3 is 15.2 Å². The number of hydrogen-bond acceptors (Lipinski definition) is 3. The molecule has 0 fully saturated rings. The van der Waals surface area contributed by atoms with Crippen molar-refractivity contribution in [3.63, 3.8) is 0 Å². The zero-order valence-corrected chi connectivity index (χ0v) is 12.3. The summed E-state index contributed by atoms with van der Waals surface area (Å²) in [5, 5.41) is 13.2. The number of benzene rings is 1. The van der Waals surface area contributed by atoms with E-state index in [1.165, 1.54) is 0 Å². The lowest BCUT2D eigenvalue weighted by molar-refractivity contribution is -0.00297. The van der Waals surface area contributed by atoms with Crippen molar-refractivity contribution in [2.24, 2.45) is 0 Å². The summed E-state index contributed by atoms with van der Waals surface area (Å²) in [6.07, 6.45) is 1.74. The molecule has 3 heteroatoms. The zero-order chi connectivity index (χ0) is 14.1. The largest absolute Gasteiger partial charge is 0.389 e. The van der Waals surface area contributed by atoms with Gasteiger partial charge in [0, 0.05) is 12.6 Å². The SMILES string of the molecule is CCC(CC)NCC(O)COC(C)c1ccccc1. The molecule has 0 spiro atoms. The van der Waals surface area contributed by atoms with Crippen LogP contribution in [0.5, 0.6) is 0 Å². The predicted molar refractivity (Wildman–Crippen MR) is 79.2 cm³/mol. The first-order valence-corrected chi connectivity index (χ1v) is 7.25. The summed E-state index contributed by atoms with van der Waals surface area (Å²) in [5.74, 6) is 0. The van der Waals surface area contributed by atoms with Crippen LogP contribution in [-0.2, 0) is 4.74 Å². The van der Waals surface area contributed by atoms with Crippen molar-refractivity contribution in [1.29, 1.82) is 0 Å². The van der Waals surface area contributed by atoms with Crippen LogP contribution in [0.25, 0.3) is 0 Å². The molecule has 0 heterocycles. The molecule has 0 radical (unpaired) electrons. The molecule has 1 aromatic rings. The first kappa shape index (κ1) is 16.2. The van der Waals surface area contributed by atoms with E-state index in [0.29, 0.717) is 19.2 Å². The fraction of sp³-hybridized carbons (Fsp3) is 0.625. The van der Waals surface area contributed by atoms with Crippen LogP contribution >= 0.6 is 0 Å². The van der Waals surface area contributed by atoms with Crippen LogP contribution in [0, 0.1) is 0 Å². The number of aliphatic hydroxyl groups is 1. The van der Waals surface area contributed by atoms with Gasteiger partial charge in [0.1, 0.15) is 0 Å². The van der Waals surface area contributed by atoms with Gasteiger partial charge in [-0.2, -0.15) is 0 Å². The van der Waals surface area contributed by atoms with E-state index in [1.54, 1.807) is 0 Å². The third kappa shape index (κ3) is 6.19. The Morgan fingerprint density at radius 3 is 2.37 bits per heavy atom. The number of rotatable bonds is 9. The molecule has 2 unspecified atom stereocenters. The van der Waals surface area contributed by atoms with E-state index in [0.717, 1.165) is 18.4 Å². The summed E-state index contributed by atoms with van der Waals surface area (Å²) >= 11 is 0. The third-order valence-corrected chi connectivity index (χ3v) is 3.44. The van der Waals surface area contributed by atoms with Crippen molar-refractivity contribution >= 4 is 0 Å². The lowest BCUT2D eigenvalue weighted by Gasteiger charge is -2.20. The van der Waals surface area contributed by atoms with Crippen molar-refractivity contribution in [1.82, 2.24) is 5.32 Å². The van der Waals surface area contributed by atoms with E-state index >= 15 is 0 Å². The lowest BCUT2D eigenvalue weighted by Crippen LogP contribution is -2.37. The van der Waals surface area contributed by atoms with E-state index < -0.39 is 6.10 Å². The van der Waals surface area contributed by atoms with Crippen molar-refractivity contribution in [3.05, 3.63) is 35.9 Å². The lowest BCUT2D eigenvalue weighted by atomic mass is 10.1. The maximum Gasteiger partial charge on any atom is 0.0898 e. The van der Waals surface area contributed by atoms with Gasteiger partial charge in [-0.1, -0.05) is 44.2 Å². The molecule has 3 nitrogen and oxygen atoms in total. The van der Waals surface area contributed by atoms with E-state index in [9.17, 15) is 5.11 Å². The van der Waals surface area contributed by atoms with Gasteiger partial charge in [0.15, 0.2) is 0 Å². The van der Waals surface area contributed by atoms with Crippen LogP contribution in [0.3, 0.4) is 0 Å². The molecule has 0 saturated heterocycles. The Morgan fingerprint density at radius 2 is 1.79 bits per heavy atom. The Bertz CT molecular complexity index is 325. The minimum atomic E-state index is -0.452. The zero-order valence-electron chi connectivity index (χ0n) is 12.3. The summed E-state index contributed by atoms with van der Waals surface area (Å²) in [5.41, 5.74) is 1.14. The van der Waals surface area contributed by atoms with Crippen LogP contribution in [0.15, 0.2) is 30.3 Å². The molecule has 0 bridgehead atoms. The smallest absolute Gasteiger partial charge is 0.0898 e. The van der Waals surface area contributed by atoms with Crippen LogP contribution < -0.4 is 5.32 Å². The van der Waals surface area contributed by atoms with Crippen molar-refractivity contribution < 1.29 is 9.84 Å². The van der Waals surface area contributed by atoms with E-state index in [2.05, 4.69) is 19.2 Å². The topological polar surface area (TPSA) is 41.5 Å². The van der Waals surface area contributed by atoms with E-state index in [-0.39, 0.29) is 6.10 Å². The molecule has 0 aromatic heterocycles. The Hall–Kier alpha value is -0.900. The summed E-state index contributed by atoms with van der Waals surface area (Å²) in [6, 6.07) is 10.6. The highest BCUT2D eigenvalue weighted by Crippen LogP contribution is 2.15. The second-order valence-corrected chi connectivity index (χ2v) is 4.96.